The second kappa shape index (κ2) is 7.63. The van der Waals surface area contributed by atoms with Gasteiger partial charge in [0.05, 0.1) is 6.61 Å². The Labute approximate surface area is 126 Å². The summed E-state index contributed by atoms with van der Waals surface area (Å²) in [4.78, 5) is 11.2. The van der Waals surface area contributed by atoms with Gasteiger partial charge in [0.25, 0.3) is 0 Å². The van der Waals surface area contributed by atoms with E-state index >= 15 is 0 Å². The van der Waals surface area contributed by atoms with Crippen LogP contribution in [0, 0.1) is 0 Å². The van der Waals surface area contributed by atoms with E-state index in [1.54, 1.807) is 6.92 Å². The van der Waals surface area contributed by atoms with E-state index in [2.05, 4.69) is 49.0 Å². The van der Waals surface area contributed by atoms with Crippen molar-refractivity contribution < 1.29 is 9.53 Å². The number of hydrogen-bond acceptors (Lipinski definition) is 2. The Morgan fingerprint density at radius 2 is 1.81 bits per heavy atom. The maximum atomic E-state index is 11.2. The van der Waals surface area contributed by atoms with E-state index in [1.165, 1.54) is 16.3 Å². The molecule has 2 nitrogen and oxygen atoms in total. The van der Waals surface area contributed by atoms with Gasteiger partial charge in [0.15, 0.2) is 0 Å². The molecule has 0 aromatic heterocycles. The first-order chi connectivity index (χ1) is 10.2. The Kier molecular flexibility index (Phi) is 5.56. The first-order valence-corrected chi connectivity index (χ1v) is 7.48. The summed E-state index contributed by atoms with van der Waals surface area (Å²) in [6, 6.07) is 15.0. The Morgan fingerprint density at radius 1 is 1.05 bits per heavy atom. The van der Waals surface area contributed by atoms with Crippen LogP contribution >= 0.6 is 0 Å². The highest BCUT2D eigenvalue weighted by molar-refractivity contribution is 5.87. The van der Waals surface area contributed by atoms with Crippen LogP contribution in [-0.4, -0.2) is 12.6 Å². The first kappa shape index (κ1) is 15.3. The number of ether oxygens (including phenoxy) is 1. The summed E-state index contributed by atoms with van der Waals surface area (Å²) >= 11 is 0. The van der Waals surface area contributed by atoms with E-state index in [-0.39, 0.29) is 5.97 Å². The van der Waals surface area contributed by atoms with Crippen molar-refractivity contribution in [3.8, 4) is 0 Å². The van der Waals surface area contributed by atoms with Crippen LogP contribution in [0.1, 0.15) is 31.7 Å². The molecule has 2 aromatic rings. The maximum absolute atomic E-state index is 11.2. The molecule has 110 valence electrons. The van der Waals surface area contributed by atoms with E-state index in [0.717, 1.165) is 25.7 Å². The lowest BCUT2D eigenvalue weighted by atomic mass is 10.00. The molecule has 0 N–H and O–H groups in total. The normalized spacial score (nSPS) is 10.5. The number of hydrogen-bond donors (Lipinski definition) is 0. The van der Waals surface area contributed by atoms with Crippen LogP contribution in [0.2, 0.25) is 0 Å². The van der Waals surface area contributed by atoms with Crippen molar-refractivity contribution >= 4 is 16.7 Å². The standard InChI is InChI=1S/C19H22O2/c1-15(2)19(20)21-14-7-3-4-9-16-11-8-12-17-10-5-6-13-18(16)17/h5-6,8,10-13H,1,3-4,7,9,14H2,2H3. The van der Waals surface area contributed by atoms with E-state index in [4.69, 9.17) is 4.74 Å². The summed E-state index contributed by atoms with van der Waals surface area (Å²) in [6.45, 7) is 5.72. The predicted octanol–water partition coefficient (Wildman–Crippen LogP) is 4.67. The van der Waals surface area contributed by atoms with Gasteiger partial charge in [-0.3, -0.25) is 0 Å². The zero-order chi connectivity index (χ0) is 15.1. The summed E-state index contributed by atoms with van der Waals surface area (Å²) in [5.74, 6) is -0.288. The molecule has 0 heterocycles. The third-order valence-corrected chi connectivity index (χ3v) is 3.55. The highest BCUT2D eigenvalue weighted by Gasteiger charge is 2.03. The minimum Gasteiger partial charge on any atom is -0.462 e. The Balaban J connectivity index is 1.76. The Hall–Kier alpha value is -2.09. The number of benzene rings is 2. The van der Waals surface area contributed by atoms with Crippen LogP contribution in [0.5, 0.6) is 0 Å². The third kappa shape index (κ3) is 4.45. The lowest BCUT2D eigenvalue weighted by Crippen LogP contribution is -2.06. The molecule has 0 aliphatic carbocycles. The topological polar surface area (TPSA) is 26.3 Å². The van der Waals surface area contributed by atoms with Gasteiger partial charge in [-0.2, -0.15) is 0 Å². The molecule has 0 unspecified atom stereocenters. The average Bonchev–Trinajstić information content (AvgIpc) is 2.50. The second-order valence-electron chi connectivity index (χ2n) is 5.37. The number of rotatable bonds is 7. The predicted molar refractivity (Wildman–Crippen MR) is 87.3 cm³/mol. The largest absolute Gasteiger partial charge is 0.462 e. The summed E-state index contributed by atoms with van der Waals surface area (Å²) in [5.41, 5.74) is 1.86. The van der Waals surface area contributed by atoms with Gasteiger partial charge in [-0.25, -0.2) is 4.79 Å². The summed E-state index contributed by atoms with van der Waals surface area (Å²) < 4.78 is 5.09. The molecule has 0 saturated carbocycles. The van der Waals surface area contributed by atoms with Crippen molar-refractivity contribution in [1.82, 2.24) is 0 Å². The minimum atomic E-state index is -0.288. The zero-order valence-corrected chi connectivity index (χ0v) is 12.6. The lowest BCUT2D eigenvalue weighted by molar-refractivity contribution is -0.139. The fraction of sp³-hybridized carbons (Fsp3) is 0.316. The van der Waals surface area contributed by atoms with Crippen molar-refractivity contribution in [1.29, 1.82) is 0 Å². The fourth-order valence-electron chi connectivity index (χ4n) is 2.39. The number of carbonyl (C=O) groups is 1. The van der Waals surface area contributed by atoms with Gasteiger partial charge in [-0.15, -0.1) is 0 Å². The van der Waals surface area contributed by atoms with E-state index in [1.807, 2.05) is 0 Å². The molecule has 0 amide bonds. The van der Waals surface area contributed by atoms with Crippen molar-refractivity contribution in [2.24, 2.45) is 0 Å². The smallest absolute Gasteiger partial charge is 0.333 e. The van der Waals surface area contributed by atoms with E-state index in [0.29, 0.717) is 12.2 Å². The maximum Gasteiger partial charge on any atom is 0.333 e. The average molecular weight is 282 g/mol. The van der Waals surface area contributed by atoms with Crippen molar-refractivity contribution in [3.63, 3.8) is 0 Å². The van der Waals surface area contributed by atoms with E-state index in [9.17, 15) is 4.79 Å². The van der Waals surface area contributed by atoms with Crippen molar-refractivity contribution in [3.05, 3.63) is 60.2 Å². The Bertz CT molecular complexity index is 623. The van der Waals surface area contributed by atoms with Crippen LogP contribution in [0.3, 0.4) is 0 Å². The monoisotopic (exact) mass is 282 g/mol. The molecule has 2 heteroatoms. The summed E-state index contributed by atoms with van der Waals surface area (Å²) in [7, 11) is 0. The summed E-state index contributed by atoms with van der Waals surface area (Å²) in [5, 5.41) is 2.64. The molecule has 0 bridgehead atoms. The molecular weight excluding hydrogens is 260 g/mol. The fourth-order valence-corrected chi connectivity index (χ4v) is 2.39. The SMILES string of the molecule is C=C(C)C(=O)OCCCCCc1cccc2ccccc12. The molecule has 2 aromatic carbocycles. The molecule has 0 fully saturated rings. The number of unbranched alkanes of at least 4 members (excludes halogenated alkanes) is 2. The quantitative estimate of drug-likeness (QED) is 0.419. The van der Waals surface area contributed by atoms with Crippen LogP contribution in [0.25, 0.3) is 10.8 Å². The van der Waals surface area contributed by atoms with Crippen molar-refractivity contribution in [2.45, 2.75) is 32.6 Å². The molecule has 0 aliphatic heterocycles. The minimum absolute atomic E-state index is 0.288. The molecule has 0 atom stereocenters. The van der Waals surface area contributed by atoms with Gasteiger partial charge in [0, 0.05) is 5.57 Å². The molecule has 0 aliphatic rings. The van der Waals surface area contributed by atoms with Crippen LogP contribution in [0.4, 0.5) is 0 Å². The van der Waals surface area contributed by atoms with Gasteiger partial charge >= 0.3 is 5.97 Å². The highest BCUT2D eigenvalue weighted by Crippen LogP contribution is 2.20. The van der Waals surface area contributed by atoms with Gasteiger partial charge in [-0.1, -0.05) is 49.0 Å². The lowest BCUT2D eigenvalue weighted by Gasteiger charge is -2.07. The molecule has 2 rings (SSSR count). The summed E-state index contributed by atoms with van der Waals surface area (Å²) in [6.07, 6.45) is 4.14. The number of carbonyl (C=O) groups excluding carboxylic acids is 1. The van der Waals surface area contributed by atoms with Crippen LogP contribution < -0.4 is 0 Å². The molecule has 21 heavy (non-hydrogen) atoms. The first-order valence-electron chi connectivity index (χ1n) is 7.48. The van der Waals surface area contributed by atoms with Crippen LogP contribution in [-0.2, 0) is 16.0 Å². The van der Waals surface area contributed by atoms with Crippen molar-refractivity contribution in [2.75, 3.05) is 6.61 Å². The van der Waals surface area contributed by atoms with Gasteiger partial charge in [-0.05, 0) is 48.9 Å². The number of fused-ring (bicyclic) bond motifs is 1. The van der Waals surface area contributed by atoms with Crippen LogP contribution in [0.15, 0.2) is 54.6 Å². The second-order valence-corrected chi connectivity index (χ2v) is 5.37. The van der Waals surface area contributed by atoms with Gasteiger partial charge in [0.2, 0.25) is 0 Å². The zero-order valence-electron chi connectivity index (χ0n) is 12.6. The van der Waals surface area contributed by atoms with Gasteiger partial charge in [0.1, 0.15) is 0 Å². The number of aryl methyl sites for hydroxylation is 1. The number of esters is 1. The Morgan fingerprint density at radius 3 is 2.62 bits per heavy atom. The molecule has 0 saturated heterocycles. The highest BCUT2D eigenvalue weighted by atomic mass is 16.5. The molecular formula is C19H22O2. The van der Waals surface area contributed by atoms with E-state index < -0.39 is 0 Å². The third-order valence-electron chi connectivity index (χ3n) is 3.55. The van der Waals surface area contributed by atoms with Gasteiger partial charge < -0.3 is 4.74 Å². The molecule has 0 spiro atoms. The molecule has 0 radical (unpaired) electrons.